The van der Waals surface area contributed by atoms with E-state index in [2.05, 4.69) is 20.1 Å². The van der Waals surface area contributed by atoms with Gasteiger partial charge in [-0.2, -0.15) is 0 Å². The molecule has 1 atom stereocenters. The zero-order valence-corrected chi connectivity index (χ0v) is 16.4. The molecule has 1 saturated heterocycles. The fourth-order valence-corrected chi connectivity index (χ4v) is 5.03. The van der Waals surface area contributed by atoms with Crippen molar-refractivity contribution >= 4 is 22.7 Å². The van der Waals surface area contributed by atoms with E-state index in [0.29, 0.717) is 12.8 Å². The van der Waals surface area contributed by atoms with Crippen LogP contribution in [0.15, 0.2) is 25.3 Å². The second-order valence-electron chi connectivity index (χ2n) is 7.24. The molecule has 24 heavy (non-hydrogen) atoms. The lowest BCUT2D eigenvalue weighted by Crippen LogP contribution is -2.39. The van der Waals surface area contributed by atoms with Gasteiger partial charge in [-0.1, -0.05) is 82.2 Å². The Balaban J connectivity index is 2.50. The van der Waals surface area contributed by atoms with Crippen molar-refractivity contribution in [2.24, 2.45) is 5.41 Å². The van der Waals surface area contributed by atoms with Crippen LogP contribution in [-0.2, 0) is 9.59 Å². The Kier molecular flexibility index (Phi) is 9.04. The van der Waals surface area contributed by atoms with Crippen LogP contribution in [0.1, 0.15) is 84.5 Å². The first-order chi connectivity index (χ1) is 11.5. The average Bonchev–Trinajstić information content (AvgIpc) is 2.72. The number of hydrogen-bond donors (Lipinski definition) is 0. The fourth-order valence-electron chi connectivity index (χ4n) is 3.64. The van der Waals surface area contributed by atoms with Crippen LogP contribution in [0.25, 0.3) is 0 Å². The molecule has 1 rings (SSSR count). The van der Waals surface area contributed by atoms with E-state index in [-0.39, 0.29) is 10.9 Å². The van der Waals surface area contributed by atoms with Crippen molar-refractivity contribution in [2.45, 2.75) is 89.2 Å². The molecular weight excluding hydrogens is 316 g/mol. The number of thioether (sulfide) groups is 1. The molecule has 0 radical (unpaired) electrons. The van der Waals surface area contributed by atoms with Crippen molar-refractivity contribution in [1.29, 1.82) is 0 Å². The third-order valence-corrected chi connectivity index (χ3v) is 6.53. The van der Waals surface area contributed by atoms with E-state index in [9.17, 15) is 9.59 Å². The fraction of sp³-hybridized carbons (Fsp3) is 0.714. The SMILES string of the molecule is C=CCC1(CC=C)C(=O)SC(C)(CCCCCCCCCC)C1=O. The highest BCUT2D eigenvalue weighted by Gasteiger charge is 2.59. The van der Waals surface area contributed by atoms with E-state index in [1.54, 1.807) is 12.2 Å². The van der Waals surface area contributed by atoms with E-state index < -0.39 is 10.2 Å². The van der Waals surface area contributed by atoms with Crippen molar-refractivity contribution in [1.82, 2.24) is 0 Å². The number of allylic oxidation sites excluding steroid dienone is 2. The zero-order valence-electron chi connectivity index (χ0n) is 15.6. The molecule has 0 saturated carbocycles. The van der Waals surface area contributed by atoms with Gasteiger partial charge in [0.25, 0.3) is 0 Å². The molecule has 0 aromatic carbocycles. The van der Waals surface area contributed by atoms with Gasteiger partial charge in [-0.05, 0) is 26.2 Å². The van der Waals surface area contributed by atoms with Crippen LogP contribution in [0.5, 0.6) is 0 Å². The topological polar surface area (TPSA) is 34.1 Å². The minimum Gasteiger partial charge on any atom is -0.297 e. The van der Waals surface area contributed by atoms with Crippen LogP contribution in [0.4, 0.5) is 0 Å². The first-order valence-corrected chi connectivity index (χ1v) is 10.3. The molecule has 136 valence electrons. The average molecular weight is 351 g/mol. The monoisotopic (exact) mass is 350 g/mol. The Labute approximate surface area is 152 Å². The maximum Gasteiger partial charge on any atom is 0.204 e. The molecule has 1 unspecified atom stereocenters. The first-order valence-electron chi connectivity index (χ1n) is 9.47. The van der Waals surface area contributed by atoms with E-state index in [0.717, 1.165) is 19.3 Å². The number of hydrogen-bond acceptors (Lipinski definition) is 3. The summed E-state index contributed by atoms with van der Waals surface area (Å²) in [5, 5.41) is 0.00867. The Morgan fingerprint density at radius 3 is 1.92 bits per heavy atom. The van der Waals surface area contributed by atoms with Gasteiger partial charge in [0.1, 0.15) is 5.41 Å². The zero-order chi connectivity index (χ0) is 18.1. The van der Waals surface area contributed by atoms with Gasteiger partial charge in [0.2, 0.25) is 5.12 Å². The molecule has 1 aliphatic heterocycles. The van der Waals surface area contributed by atoms with Crippen molar-refractivity contribution in [3.8, 4) is 0 Å². The predicted molar refractivity (Wildman–Crippen MR) is 105 cm³/mol. The van der Waals surface area contributed by atoms with Crippen molar-refractivity contribution < 1.29 is 9.59 Å². The summed E-state index contributed by atoms with van der Waals surface area (Å²) in [6, 6.07) is 0. The lowest BCUT2D eigenvalue weighted by Gasteiger charge is -2.26. The van der Waals surface area contributed by atoms with Gasteiger partial charge in [0.05, 0.1) is 4.75 Å². The molecule has 0 aliphatic carbocycles. The van der Waals surface area contributed by atoms with Crippen LogP contribution in [0.2, 0.25) is 0 Å². The second kappa shape index (κ2) is 10.2. The highest BCUT2D eigenvalue weighted by molar-refractivity contribution is 8.16. The number of rotatable bonds is 13. The van der Waals surface area contributed by atoms with Crippen molar-refractivity contribution in [3.05, 3.63) is 25.3 Å². The molecule has 2 nitrogen and oxygen atoms in total. The molecule has 1 heterocycles. The van der Waals surface area contributed by atoms with E-state index in [4.69, 9.17) is 0 Å². The van der Waals surface area contributed by atoms with E-state index in [1.165, 1.54) is 50.3 Å². The third kappa shape index (κ3) is 5.08. The maximum absolute atomic E-state index is 13.0. The quantitative estimate of drug-likeness (QED) is 0.223. The maximum atomic E-state index is 13.0. The minimum absolute atomic E-state index is 0.00867. The van der Waals surface area contributed by atoms with Gasteiger partial charge in [0, 0.05) is 0 Å². The summed E-state index contributed by atoms with van der Waals surface area (Å²) in [7, 11) is 0. The largest absolute Gasteiger partial charge is 0.297 e. The number of carbonyl (C=O) groups excluding carboxylic acids is 2. The summed E-state index contributed by atoms with van der Waals surface area (Å²) in [6.07, 6.45) is 15.0. The molecule has 0 amide bonds. The highest BCUT2D eigenvalue weighted by Crippen LogP contribution is 2.52. The van der Waals surface area contributed by atoms with Crippen LogP contribution in [-0.4, -0.2) is 15.6 Å². The Morgan fingerprint density at radius 2 is 1.42 bits per heavy atom. The van der Waals surface area contributed by atoms with Crippen LogP contribution < -0.4 is 0 Å². The lowest BCUT2D eigenvalue weighted by molar-refractivity contribution is -0.135. The Bertz CT molecular complexity index is 445. The molecule has 0 N–H and O–H groups in total. The summed E-state index contributed by atoms with van der Waals surface area (Å²) < 4.78 is -0.564. The van der Waals surface area contributed by atoms with Gasteiger partial charge < -0.3 is 0 Å². The number of ketones is 1. The smallest absolute Gasteiger partial charge is 0.204 e. The van der Waals surface area contributed by atoms with Crippen LogP contribution >= 0.6 is 11.8 Å². The standard InChI is InChI=1S/C21H34O2S/c1-5-8-9-10-11-12-13-14-17-20(4)18(22)21(15-6-2,16-7-3)19(23)24-20/h6-7H,2-3,5,8-17H2,1,4H3. The Morgan fingerprint density at radius 1 is 0.917 bits per heavy atom. The van der Waals surface area contributed by atoms with Gasteiger partial charge in [0.15, 0.2) is 5.78 Å². The number of carbonyl (C=O) groups is 2. The summed E-state index contributed by atoms with van der Waals surface area (Å²) in [5.41, 5.74) is -0.914. The van der Waals surface area contributed by atoms with Gasteiger partial charge in [-0.25, -0.2) is 0 Å². The summed E-state index contributed by atoms with van der Waals surface area (Å²) >= 11 is 1.25. The second-order valence-corrected chi connectivity index (χ2v) is 8.72. The molecule has 0 aromatic rings. The number of Topliss-reactive ketones (excluding diaryl/α,β-unsaturated/α-hetero) is 1. The molecule has 1 fully saturated rings. The molecule has 1 aliphatic rings. The molecule has 3 heteroatoms. The van der Waals surface area contributed by atoms with Crippen molar-refractivity contribution in [2.75, 3.05) is 0 Å². The third-order valence-electron chi connectivity index (χ3n) is 5.12. The van der Waals surface area contributed by atoms with Gasteiger partial charge >= 0.3 is 0 Å². The normalized spacial score (nSPS) is 22.8. The van der Waals surface area contributed by atoms with E-state index in [1.807, 2.05) is 6.92 Å². The van der Waals surface area contributed by atoms with Crippen LogP contribution in [0.3, 0.4) is 0 Å². The summed E-state index contributed by atoms with van der Waals surface area (Å²) in [6.45, 7) is 11.7. The molecule has 0 aromatic heterocycles. The minimum atomic E-state index is -0.914. The first kappa shape index (κ1) is 21.2. The Hall–Kier alpha value is -0.830. The van der Waals surface area contributed by atoms with E-state index >= 15 is 0 Å². The van der Waals surface area contributed by atoms with Crippen LogP contribution in [0, 0.1) is 5.41 Å². The van der Waals surface area contributed by atoms with Crippen molar-refractivity contribution in [3.63, 3.8) is 0 Å². The predicted octanol–water partition coefficient (Wildman–Crippen LogP) is 6.26. The highest BCUT2D eigenvalue weighted by atomic mass is 32.2. The number of unbranched alkanes of at least 4 members (excludes halogenated alkanes) is 7. The lowest BCUT2D eigenvalue weighted by atomic mass is 9.73. The van der Waals surface area contributed by atoms with Gasteiger partial charge in [-0.15, -0.1) is 13.2 Å². The molecular formula is C21H34O2S. The summed E-state index contributed by atoms with van der Waals surface area (Å²) in [4.78, 5) is 25.6. The molecule has 0 bridgehead atoms. The summed E-state index contributed by atoms with van der Waals surface area (Å²) in [5.74, 6) is 0.0905. The van der Waals surface area contributed by atoms with Gasteiger partial charge in [-0.3, -0.25) is 9.59 Å². The molecule has 0 spiro atoms.